The summed E-state index contributed by atoms with van der Waals surface area (Å²) >= 11 is 1.89. The van der Waals surface area contributed by atoms with E-state index < -0.39 is 0 Å². The average Bonchev–Trinajstić information content (AvgIpc) is 2.88. The van der Waals surface area contributed by atoms with Gasteiger partial charge >= 0.3 is 0 Å². The number of aromatic nitrogens is 3. The van der Waals surface area contributed by atoms with Gasteiger partial charge in [-0.25, -0.2) is 9.97 Å². The van der Waals surface area contributed by atoms with E-state index in [-0.39, 0.29) is 0 Å². The van der Waals surface area contributed by atoms with Crippen LogP contribution in [0.1, 0.15) is 31.2 Å². The highest BCUT2D eigenvalue weighted by Gasteiger charge is 2.15. The molecule has 0 amide bonds. The van der Waals surface area contributed by atoms with Gasteiger partial charge in [-0.2, -0.15) is 11.8 Å². The van der Waals surface area contributed by atoms with Gasteiger partial charge in [0.2, 0.25) is 0 Å². The molecule has 0 fully saturated rings. The molecule has 2 heterocycles. The molecule has 2 aromatic rings. The number of nitrogens with two attached hydrogens (primary N) is 1. The first kappa shape index (κ1) is 17.1. The molecule has 0 saturated heterocycles. The van der Waals surface area contributed by atoms with E-state index in [2.05, 4.69) is 22.7 Å². The normalized spacial score (nSPS) is 11.4. The van der Waals surface area contributed by atoms with Crippen molar-refractivity contribution < 1.29 is 4.74 Å². The van der Waals surface area contributed by atoms with Crippen molar-refractivity contribution >= 4 is 28.6 Å². The second kappa shape index (κ2) is 8.39. The summed E-state index contributed by atoms with van der Waals surface area (Å²) in [6, 6.07) is 0. The summed E-state index contributed by atoms with van der Waals surface area (Å²) in [5.41, 5.74) is 9.10. The van der Waals surface area contributed by atoms with Gasteiger partial charge in [-0.05, 0) is 44.3 Å². The third-order valence-electron chi connectivity index (χ3n) is 3.71. The van der Waals surface area contributed by atoms with Crippen LogP contribution in [0.2, 0.25) is 0 Å². The van der Waals surface area contributed by atoms with Crippen LogP contribution in [-0.4, -0.2) is 39.8 Å². The van der Waals surface area contributed by atoms with E-state index in [1.54, 1.807) is 0 Å². The Balaban J connectivity index is 2.29. The number of nitrogens with zero attached hydrogens (tertiary/aromatic N) is 3. The van der Waals surface area contributed by atoms with Crippen LogP contribution in [0.15, 0.2) is 6.20 Å². The molecule has 22 heavy (non-hydrogen) atoms. The van der Waals surface area contributed by atoms with Gasteiger partial charge in [-0.1, -0.05) is 0 Å². The third-order valence-corrected chi connectivity index (χ3v) is 4.41. The Kier molecular flexibility index (Phi) is 6.51. The molecule has 2 aromatic heterocycles. The molecule has 2 rings (SSSR count). The van der Waals surface area contributed by atoms with Crippen molar-refractivity contribution in [3.05, 3.63) is 17.6 Å². The first-order chi connectivity index (χ1) is 10.7. The Morgan fingerprint density at radius 3 is 2.91 bits per heavy atom. The van der Waals surface area contributed by atoms with E-state index >= 15 is 0 Å². The average molecular weight is 322 g/mol. The van der Waals surface area contributed by atoms with Crippen molar-refractivity contribution in [1.29, 1.82) is 0 Å². The Morgan fingerprint density at radius 2 is 2.18 bits per heavy atom. The number of anilines is 1. The standard InChI is InChI=1S/C16H26N4OS/c1-4-21-9-7-13-19-14-15(12(2)11-18-16(14)17)20(13)8-5-6-10-22-3/h11H,4-10H2,1-3H3,(H2,17,18). The monoisotopic (exact) mass is 322 g/mol. The fourth-order valence-electron chi connectivity index (χ4n) is 2.62. The number of pyridine rings is 1. The molecule has 0 aliphatic rings. The van der Waals surface area contributed by atoms with Crippen LogP contribution in [0.25, 0.3) is 11.0 Å². The van der Waals surface area contributed by atoms with Crippen molar-refractivity contribution in [3.63, 3.8) is 0 Å². The van der Waals surface area contributed by atoms with Gasteiger partial charge in [-0.15, -0.1) is 0 Å². The molecule has 0 radical (unpaired) electrons. The van der Waals surface area contributed by atoms with Crippen LogP contribution in [-0.2, 0) is 17.7 Å². The van der Waals surface area contributed by atoms with Crippen molar-refractivity contribution in [2.24, 2.45) is 0 Å². The van der Waals surface area contributed by atoms with Crippen molar-refractivity contribution in [2.75, 3.05) is 31.0 Å². The van der Waals surface area contributed by atoms with Crippen molar-refractivity contribution in [2.45, 2.75) is 39.7 Å². The Hall–Kier alpha value is -1.27. The van der Waals surface area contributed by atoms with E-state index in [9.17, 15) is 0 Å². The molecule has 0 aliphatic heterocycles. The van der Waals surface area contributed by atoms with Gasteiger partial charge in [-0.3, -0.25) is 0 Å². The number of nitrogen functional groups attached to an aromatic ring is 1. The number of aryl methyl sites for hydroxylation is 2. The molecule has 0 aromatic carbocycles. The predicted octanol–water partition coefficient (Wildman–Crippen LogP) is 3.04. The lowest BCUT2D eigenvalue weighted by molar-refractivity contribution is 0.149. The summed E-state index contributed by atoms with van der Waals surface area (Å²) in [4.78, 5) is 8.97. The van der Waals surface area contributed by atoms with Crippen molar-refractivity contribution in [3.8, 4) is 0 Å². The van der Waals surface area contributed by atoms with Crippen LogP contribution in [0.4, 0.5) is 5.82 Å². The molecular formula is C16H26N4OS. The Bertz CT molecular complexity index is 612. The maximum Gasteiger partial charge on any atom is 0.151 e. The van der Waals surface area contributed by atoms with Gasteiger partial charge in [0.05, 0.1) is 12.1 Å². The van der Waals surface area contributed by atoms with E-state index in [1.807, 2.05) is 24.9 Å². The smallest absolute Gasteiger partial charge is 0.151 e. The molecule has 0 bridgehead atoms. The molecule has 0 unspecified atom stereocenters. The number of ether oxygens (including phenoxy) is 1. The molecule has 0 spiro atoms. The minimum absolute atomic E-state index is 0.515. The minimum atomic E-state index is 0.515. The zero-order chi connectivity index (χ0) is 15.9. The van der Waals surface area contributed by atoms with Gasteiger partial charge < -0.3 is 15.0 Å². The van der Waals surface area contributed by atoms with E-state index in [4.69, 9.17) is 15.5 Å². The number of thioether (sulfide) groups is 1. The lowest BCUT2D eigenvalue weighted by Crippen LogP contribution is -2.08. The van der Waals surface area contributed by atoms with Crippen LogP contribution < -0.4 is 5.73 Å². The molecule has 0 aliphatic carbocycles. The minimum Gasteiger partial charge on any atom is -0.382 e. The lowest BCUT2D eigenvalue weighted by Gasteiger charge is -2.10. The lowest BCUT2D eigenvalue weighted by atomic mass is 10.2. The maximum absolute atomic E-state index is 6.02. The topological polar surface area (TPSA) is 66.0 Å². The van der Waals surface area contributed by atoms with Crippen LogP contribution in [0.3, 0.4) is 0 Å². The quantitative estimate of drug-likeness (QED) is 0.719. The molecule has 5 nitrogen and oxygen atoms in total. The number of imidazole rings is 1. The Morgan fingerprint density at radius 1 is 1.36 bits per heavy atom. The van der Waals surface area contributed by atoms with Gasteiger partial charge in [0.25, 0.3) is 0 Å². The van der Waals surface area contributed by atoms with E-state index in [0.29, 0.717) is 12.4 Å². The zero-order valence-electron chi connectivity index (χ0n) is 13.8. The Labute approximate surface area is 136 Å². The van der Waals surface area contributed by atoms with Crippen LogP contribution >= 0.6 is 11.8 Å². The highest BCUT2D eigenvalue weighted by molar-refractivity contribution is 7.98. The van der Waals surface area contributed by atoms with Gasteiger partial charge in [0.15, 0.2) is 5.82 Å². The van der Waals surface area contributed by atoms with Gasteiger partial charge in [0.1, 0.15) is 11.3 Å². The molecular weight excluding hydrogens is 296 g/mol. The van der Waals surface area contributed by atoms with E-state index in [1.165, 1.54) is 12.2 Å². The van der Waals surface area contributed by atoms with Crippen LogP contribution in [0.5, 0.6) is 0 Å². The second-order valence-corrected chi connectivity index (χ2v) is 6.34. The largest absolute Gasteiger partial charge is 0.382 e. The fourth-order valence-corrected chi connectivity index (χ4v) is 3.11. The summed E-state index contributed by atoms with van der Waals surface area (Å²) in [5, 5.41) is 0. The number of hydrogen-bond donors (Lipinski definition) is 1. The van der Waals surface area contributed by atoms with Gasteiger partial charge in [0, 0.05) is 25.8 Å². The third kappa shape index (κ3) is 3.93. The fraction of sp³-hybridized carbons (Fsp3) is 0.625. The molecule has 0 atom stereocenters. The number of unbranched alkanes of at least 4 members (excludes halogenated alkanes) is 1. The number of rotatable bonds is 9. The highest BCUT2D eigenvalue weighted by Crippen LogP contribution is 2.24. The highest BCUT2D eigenvalue weighted by atomic mass is 32.2. The second-order valence-electron chi connectivity index (χ2n) is 5.35. The van der Waals surface area contributed by atoms with Crippen LogP contribution in [0, 0.1) is 6.92 Å². The molecule has 2 N–H and O–H groups in total. The number of fused-ring (bicyclic) bond motifs is 1. The summed E-state index contributed by atoms with van der Waals surface area (Å²) in [6.45, 7) is 6.48. The summed E-state index contributed by atoms with van der Waals surface area (Å²) in [6.07, 6.45) is 7.16. The molecule has 122 valence electrons. The van der Waals surface area contributed by atoms with E-state index in [0.717, 1.165) is 48.4 Å². The SMILES string of the molecule is CCOCCc1nc2c(N)ncc(C)c2n1CCCCSC. The summed E-state index contributed by atoms with van der Waals surface area (Å²) in [7, 11) is 0. The summed E-state index contributed by atoms with van der Waals surface area (Å²) < 4.78 is 7.80. The first-order valence-electron chi connectivity index (χ1n) is 7.85. The predicted molar refractivity (Wildman–Crippen MR) is 94.5 cm³/mol. The van der Waals surface area contributed by atoms with Crippen molar-refractivity contribution in [1.82, 2.24) is 14.5 Å². The summed E-state index contributed by atoms with van der Waals surface area (Å²) in [5.74, 6) is 2.76. The zero-order valence-corrected chi connectivity index (χ0v) is 14.6. The molecule has 0 saturated carbocycles. The first-order valence-corrected chi connectivity index (χ1v) is 9.25. The number of hydrogen-bond acceptors (Lipinski definition) is 5. The molecule has 6 heteroatoms. The maximum atomic E-state index is 6.02.